The number of aryl methyl sites for hydroxylation is 1. The average molecular weight is 299 g/mol. The number of amides is 1. The summed E-state index contributed by atoms with van der Waals surface area (Å²) in [6.07, 6.45) is 2.37. The van der Waals surface area contributed by atoms with Crippen molar-refractivity contribution in [3.05, 3.63) is 47.9 Å². The number of carbonyl (C=O) groups excluding carboxylic acids is 1. The molecule has 2 aromatic rings. The van der Waals surface area contributed by atoms with Gasteiger partial charge in [0, 0.05) is 17.3 Å². The van der Waals surface area contributed by atoms with E-state index in [4.69, 9.17) is 0 Å². The second-order valence-electron chi connectivity index (χ2n) is 5.18. The van der Waals surface area contributed by atoms with Crippen LogP contribution in [0.1, 0.15) is 30.3 Å². The predicted octanol–water partition coefficient (Wildman–Crippen LogP) is 3.39. The fourth-order valence-electron chi connectivity index (χ4n) is 2.02. The first kappa shape index (κ1) is 14.1. The summed E-state index contributed by atoms with van der Waals surface area (Å²) in [5.41, 5.74) is 1.79. The number of anilines is 1. The Morgan fingerprint density at radius 2 is 2.05 bits per heavy atom. The first-order valence-corrected chi connectivity index (χ1v) is 8.02. The molecule has 4 nitrogen and oxygen atoms in total. The van der Waals surface area contributed by atoms with Gasteiger partial charge in [0.15, 0.2) is 0 Å². The molecule has 0 radical (unpaired) electrons. The summed E-state index contributed by atoms with van der Waals surface area (Å²) in [5, 5.41) is 3.76. The summed E-state index contributed by atoms with van der Waals surface area (Å²) in [6.45, 7) is 1.97. The van der Waals surface area contributed by atoms with Gasteiger partial charge in [-0.2, -0.15) is 0 Å². The van der Waals surface area contributed by atoms with E-state index >= 15 is 0 Å². The molecule has 0 aliphatic heterocycles. The van der Waals surface area contributed by atoms with Crippen molar-refractivity contribution in [3.8, 4) is 0 Å². The van der Waals surface area contributed by atoms with Crippen molar-refractivity contribution in [2.75, 3.05) is 11.1 Å². The van der Waals surface area contributed by atoms with E-state index in [-0.39, 0.29) is 5.91 Å². The van der Waals surface area contributed by atoms with Crippen molar-refractivity contribution in [2.24, 2.45) is 0 Å². The minimum Gasteiger partial charge on any atom is -0.325 e. The average Bonchev–Trinajstić information content (AvgIpc) is 3.30. The quantitative estimate of drug-likeness (QED) is 0.679. The number of hydrogen-bond acceptors (Lipinski definition) is 4. The summed E-state index contributed by atoms with van der Waals surface area (Å²) in [6, 6.07) is 11.4. The van der Waals surface area contributed by atoms with Crippen LogP contribution in [0.5, 0.6) is 0 Å². The van der Waals surface area contributed by atoms with Gasteiger partial charge in [-0.15, -0.1) is 0 Å². The number of hydrogen-bond donors (Lipinski definition) is 1. The molecular formula is C16H17N3OS. The lowest BCUT2D eigenvalue weighted by Crippen LogP contribution is -2.14. The number of aromatic nitrogens is 2. The maximum Gasteiger partial charge on any atom is 0.234 e. The molecule has 0 saturated heterocycles. The molecule has 1 aromatic carbocycles. The summed E-state index contributed by atoms with van der Waals surface area (Å²) < 4.78 is 0. The van der Waals surface area contributed by atoms with Crippen LogP contribution in [0, 0.1) is 6.92 Å². The van der Waals surface area contributed by atoms with Gasteiger partial charge in [-0.05, 0) is 38.0 Å². The third-order valence-electron chi connectivity index (χ3n) is 3.20. The first-order chi connectivity index (χ1) is 10.2. The van der Waals surface area contributed by atoms with Crippen molar-refractivity contribution in [2.45, 2.75) is 30.7 Å². The van der Waals surface area contributed by atoms with Gasteiger partial charge in [-0.1, -0.05) is 30.0 Å². The molecule has 108 valence electrons. The van der Waals surface area contributed by atoms with Gasteiger partial charge in [-0.3, -0.25) is 4.79 Å². The molecule has 0 unspecified atom stereocenters. The van der Waals surface area contributed by atoms with E-state index in [1.165, 1.54) is 24.6 Å². The maximum atomic E-state index is 11.9. The van der Waals surface area contributed by atoms with Crippen LogP contribution in [0.2, 0.25) is 0 Å². The van der Waals surface area contributed by atoms with E-state index in [2.05, 4.69) is 15.3 Å². The van der Waals surface area contributed by atoms with Crippen LogP contribution < -0.4 is 5.32 Å². The summed E-state index contributed by atoms with van der Waals surface area (Å²) in [4.78, 5) is 20.9. The number of nitrogens with one attached hydrogen (secondary N) is 1. The molecule has 1 N–H and O–H groups in total. The highest BCUT2D eigenvalue weighted by Gasteiger charge is 2.27. The van der Waals surface area contributed by atoms with Crippen molar-refractivity contribution in [1.82, 2.24) is 9.97 Å². The largest absolute Gasteiger partial charge is 0.325 e. The van der Waals surface area contributed by atoms with Gasteiger partial charge in [0.25, 0.3) is 0 Å². The summed E-state index contributed by atoms with van der Waals surface area (Å²) in [5.74, 6) is 1.80. The van der Waals surface area contributed by atoms with Crippen LogP contribution >= 0.6 is 11.8 Å². The first-order valence-electron chi connectivity index (χ1n) is 7.04. The Morgan fingerprint density at radius 1 is 1.29 bits per heavy atom. The number of nitrogens with zero attached hydrogens (tertiary/aromatic N) is 2. The van der Waals surface area contributed by atoms with E-state index in [1.54, 1.807) is 0 Å². The lowest BCUT2D eigenvalue weighted by atomic mass is 10.3. The number of rotatable bonds is 5. The lowest BCUT2D eigenvalue weighted by Gasteiger charge is -2.06. The van der Waals surface area contributed by atoms with Crippen molar-refractivity contribution < 1.29 is 4.79 Å². The minimum absolute atomic E-state index is 0.0181. The molecule has 1 amide bonds. The molecule has 0 bridgehead atoms. The lowest BCUT2D eigenvalue weighted by molar-refractivity contribution is -0.113. The summed E-state index contributed by atoms with van der Waals surface area (Å²) >= 11 is 1.46. The standard InChI is InChI=1S/C16H17N3OS/c1-11-9-15(19-16(17-11)12-7-8-12)21-10-14(20)18-13-5-3-2-4-6-13/h2-6,9,12H,7-8,10H2,1H3,(H,18,20). The molecule has 1 fully saturated rings. The van der Waals surface area contributed by atoms with Crippen molar-refractivity contribution >= 4 is 23.4 Å². The Labute approximate surface area is 128 Å². The molecular weight excluding hydrogens is 282 g/mol. The van der Waals surface area contributed by atoms with Crippen LogP contribution in [0.25, 0.3) is 0 Å². The number of thioether (sulfide) groups is 1. The maximum absolute atomic E-state index is 11.9. The molecule has 1 heterocycles. The van der Waals surface area contributed by atoms with Crippen molar-refractivity contribution in [3.63, 3.8) is 0 Å². The van der Waals surface area contributed by atoms with E-state index in [1.807, 2.05) is 43.3 Å². The fraction of sp³-hybridized carbons (Fsp3) is 0.312. The summed E-state index contributed by atoms with van der Waals surface area (Å²) in [7, 11) is 0. The number of para-hydroxylation sites is 1. The van der Waals surface area contributed by atoms with Gasteiger partial charge < -0.3 is 5.32 Å². The highest BCUT2D eigenvalue weighted by atomic mass is 32.2. The van der Waals surface area contributed by atoms with Crippen LogP contribution in [0.4, 0.5) is 5.69 Å². The van der Waals surface area contributed by atoms with Crippen LogP contribution in [0.15, 0.2) is 41.4 Å². The van der Waals surface area contributed by atoms with Crippen LogP contribution in [-0.2, 0) is 4.79 Å². The number of benzene rings is 1. The zero-order valence-corrected chi connectivity index (χ0v) is 12.7. The van der Waals surface area contributed by atoms with Gasteiger partial charge in [0.05, 0.1) is 5.75 Å². The Kier molecular flexibility index (Phi) is 4.20. The molecule has 0 atom stereocenters. The Hall–Kier alpha value is -1.88. The molecule has 1 saturated carbocycles. The monoisotopic (exact) mass is 299 g/mol. The normalized spacial score (nSPS) is 14.0. The zero-order valence-electron chi connectivity index (χ0n) is 11.9. The van der Waals surface area contributed by atoms with E-state index < -0.39 is 0 Å². The third-order valence-corrected chi connectivity index (χ3v) is 4.11. The zero-order chi connectivity index (χ0) is 14.7. The highest BCUT2D eigenvalue weighted by molar-refractivity contribution is 7.99. The molecule has 0 spiro atoms. The SMILES string of the molecule is Cc1cc(SCC(=O)Nc2ccccc2)nc(C2CC2)n1. The Bertz CT molecular complexity index is 641. The Balaban J connectivity index is 1.58. The highest BCUT2D eigenvalue weighted by Crippen LogP contribution is 2.38. The van der Waals surface area contributed by atoms with Gasteiger partial charge in [0.2, 0.25) is 5.91 Å². The van der Waals surface area contributed by atoms with E-state index in [0.29, 0.717) is 11.7 Å². The number of carbonyl (C=O) groups is 1. The van der Waals surface area contributed by atoms with Crippen molar-refractivity contribution in [1.29, 1.82) is 0 Å². The Morgan fingerprint density at radius 3 is 2.76 bits per heavy atom. The van der Waals surface area contributed by atoms with Gasteiger partial charge in [-0.25, -0.2) is 9.97 Å². The van der Waals surface area contributed by atoms with Gasteiger partial charge >= 0.3 is 0 Å². The predicted molar refractivity (Wildman–Crippen MR) is 84.5 cm³/mol. The smallest absolute Gasteiger partial charge is 0.234 e. The molecule has 3 rings (SSSR count). The topological polar surface area (TPSA) is 54.9 Å². The minimum atomic E-state index is -0.0181. The second-order valence-corrected chi connectivity index (χ2v) is 6.18. The molecule has 1 aromatic heterocycles. The van der Waals surface area contributed by atoms with Crippen LogP contribution in [-0.4, -0.2) is 21.6 Å². The van der Waals surface area contributed by atoms with Gasteiger partial charge in [0.1, 0.15) is 10.9 Å². The fourth-order valence-corrected chi connectivity index (χ4v) is 2.78. The molecule has 21 heavy (non-hydrogen) atoms. The molecule has 1 aliphatic rings. The molecule has 1 aliphatic carbocycles. The second kappa shape index (κ2) is 6.26. The van der Waals surface area contributed by atoms with E-state index in [9.17, 15) is 4.79 Å². The third kappa shape index (κ3) is 4.04. The van der Waals surface area contributed by atoms with Crippen LogP contribution in [0.3, 0.4) is 0 Å². The molecule has 5 heteroatoms. The van der Waals surface area contributed by atoms with E-state index in [0.717, 1.165) is 22.2 Å².